The summed E-state index contributed by atoms with van der Waals surface area (Å²) in [5.74, 6) is 0.166. The second kappa shape index (κ2) is 6.47. The maximum Gasteiger partial charge on any atom is 0.387 e. The molecule has 2 unspecified atom stereocenters. The van der Waals surface area contributed by atoms with Gasteiger partial charge < -0.3 is 10.1 Å². The molecule has 0 saturated heterocycles. The number of hydrogen-bond donors (Lipinski definition) is 2. The molecule has 0 fully saturated rings. The molecule has 0 aliphatic heterocycles. The molecule has 4 nitrogen and oxygen atoms in total. The van der Waals surface area contributed by atoms with E-state index in [0.29, 0.717) is 0 Å². The Bertz CT molecular complexity index is 514. The second-order valence-corrected chi connectivity index (χ2v) is 4.59. The first-order valence-corrected chi connectivity index (χ1v) is 6.35. The van der Waals surface area contributed by atoms with Crippen LogP contribution in [0.4, 0.5) is 8.78 Å². The lowest BCUT2D eigenvalue weighted by molar-refractivity contribution is -0.0498. The molecule has 0 spiro atoms. The van der Waals surface area contributed by atoms with Crippen LogP contribution in [0.15, 0.2) is 36.7 Å². The number of H-pyrrole nitrogens is 1. The van der Waals surface area contributed by atoms with E-state index < -0.39 is 6.61 Å². The number of alkyl halides is 2. The van der Waals surface area contributed by atoms with Crippen LogP contribution in [0.3, 0.4) is 0 Å². The van der Waals surface area contributed by atoms with E-state index in [9.17, 15) is 8.78 Å². The first kappa shape index (κ1) is 14.5. The smallest absolute Gasteiger partial charge is 0.387 e. The predicted molar refractivity (Wildman–Crippen MR) is 71.6 cm³/mol. The van der Waals surface area contributed by atoms with E-state index in [1.54, 1.807) is 30.5 Å². The van der Waals surface area contributed by atoms with Crippen molar-refractivity contribution < 1.29 is 13.5 Å². The van der Waals surface area contributed by atoms with Crippen molar-refractivity contribution >= 4 is 0 Å². The molecule has 0 radical (unpaired) electrons. The average Bonchev–Trinajstić information content (AvgIpc) is 2.92. The molecule has 0 amide bonds. The number of rotatable bonds is 6. The fraction of sp³-hybridized carbons (Fsp3) is 0.357. The highest BCUT2D eigenvalue weighted by Gasteiger charge is 2.12. The number of halogens is 2. The first-order valence-electron chi connectivity index (χ1n) is 6.35. The molecule has 1 aromatic heterocycles. The van der Waals surface area contributed by atoms with Crippen molar-refractivity contribution in [1.29, 1.82) is 0 Å². The van der Waals surface area contributed by atoms with Gasteiger partial charge in [0.05, 0.1) is 6.20 Å². The zero-order chi connectivity index (χ0) is 14.5. The van der Waals surface area contributed by atoms with Gasteiger partial charge in [-0.25, -0.2) is 0 Å². The normalized spacial score (nSPS) is 14.2. The molecular weight excluding hydrogens is 264 g/mol. The summed E-state index contributed by atoms with van der Waals surface area (Å²) in [5, 5.41) is 10.1. The monoisotopic (exact) mass is 281 g/mol. The number of nitrogens with zero attached hydrogens (tertiary/aromatic N) is 1. The minimum atomic E-state index is -2.79. The van der Waals surface area contributed by atoms with Gasteiger partial charge in [0.2, 0.25) is 0 Å². The summed E-state index contributed by atoms with van der Waals surface area (Å²) in [6.45, 7) is 1.26. The minimum absolute atomic E-state index is 0.0838. The van der Waals surface area contributed by atoms with Crippen LogP contribution < -0.4 is 10.1 Å². The molecule has 1 heterocycles. The van der Waals surface area contributed by atoms with Crippen molar-refractivity contribution in [1.82, 2.24) is 15.5 Å². The first-order chi connectivity index (χ1) is 9.56. The van der Waals surface area contributed by atoms with Crippen LogP contribution in [0.5, 0.6) is 5.75 Å². The Hall–Kier alpha value is -1.95. The van der Waals surface area contributed by atoms with Crippen LogP contribution in [0, 0.1) is 0 Å². The summed E-state index contributed by atoms with van der Waals surface area (Å²) in [4.78, 5) is 0. The van der Waals surface area contributed by atoms with Crippen LogP contribution in [-0.4, -0.2) is 16.8 Å². The molecule has 2 atom stereocenters. The van der Waals surface area contributed by atoms with E-state index in [2.05, 4.69) is 20.3 Å². The zero-order valence-corrected chi connectivity index (χ0v) is 11.3. The Morgan fingerprint density at radius 3 is 2.30 bits per heavy atom. The molecule has 6 heteroatoms. The average molecular weight is 281 g/mol. The molecule has 20 heavy (non-hydrogen) atoms. The van der Waals surface area contributed by atoms with Crippen LogP contribution in [0.1, 0.15) is 37.1 Å². The highest BCUT2D eigenvalue weighted by Crippen LogP contribution is 2.21. The molecule has 0 aliphatic carbocycles. The van der Waals surface area contributed by atoms with Crippen LogP contribution in [-0.2, 0) is 0 Å². The van der Waals surface area contributed by atoms with Gasteiger partial charge in [-0.05, 0) is 31.5 Å². The van der Waals surface area contributed by atoms with Crippen molar-refractivity contribution in [3.63, 3.8) is 0 Å². The van der Waals surface area contributed by atoms with Gasteiger partial charge in [0.1, 0.15) is 5.75 Å². The standard InChI is InChI=1S/C14H17F2N3O/c1-9(19-10(2)12-7-17-18-8-12)11-3-5-13(6-4-11)20-14(15)16/h3-10,14,19H,1-2H3,(H,17,18). The van der Waals surface area contributed by atoms with Gasteiger partial charge in [0, 0.05) is 23.8 Å². The Balaban J connectivity index is 1.97. The Kier molecular flexibility index (Phi) is 4.68. The third kappa shape index (κ3) is 3.77. The van der Waals surface area contributed by atoms with Gasteiger partial charge in [-0.1, -0.05) is 12.1 Å². The SMILES string of the molecule is CC(NC(C)c1cn[nH]c1)c1ccc(OC(F)F)cc1. The molecule has 2 rings (SSSR count). The maximum atomic E-state index is 12.1. The van der Waals surface area contributed by atoms with Gasteiger partial charge >= 0.3 is 6.61 Å². The molecule has 0 saturated carbocycles. The van der Waals surface area contributed by atoms with Crippen molar-refractivity contribution in [2.24, 2.45) is 0 Å². The van der Waals surface area contributed by atoms with Crippen molar-refractivity contribution in [3.05, 3.63) is 47.8 Å². The lowest BCUT2D eigenvalue weighted by Gasteiger charge is -2.19. The Morgan fingerprint density at radius 2 is 1.75 bits per heavy atom. The number of aromatic amines is 1. The van der Waals surface area contributed by atoms with Gasteiger partial charge in [-0.3, -0.25) is 5.10 Å². The molecule has 0 bridgehead atoms. The highest BCUT2D eigenvalue weighted by atomic mass is 19.3. The van der Waals surface area contributed by atoms with Gasteiger partial charge in [0.25, 0.3) is 0 Å². The van der Waals surface area contributed by atoms with E-state index in [4.69, 9.17) is 0 Å². The predicted octanol–water partition coefficient (Wildman–Crippen LogP) is 3.42. The number of ether oxygens (including phenoxy) is 1. The van der Waals surface area contributed by atoms with Crippen LogP contribution >= 0.6 is 0 Å². The van der Waals surface area contributed by atoms with E-state index in [1.165, 1.54) is 0 Å². The summed E-state index contributed by atoms with van der Waals surface area (Å²) < 4.78 is 28.5. The van der Waals surface area contributed by atoms with E-state index >= 15 is 0 Å². The van der Waals surface area contributed by atoms with Crippen molar-refractivity contribution in [3.8, 4) is 5.75 Å². The van der Waals surface area contributed by atoms with Crippen LogP contribution in [0.25, 0.3) is 0 Å². The number of aromatic nitrogens is 2. The van der Waals surface area contributed by atoms with Gasteiger partial charge in [0.15, 0.2) is 0 Å². The molecular formula is C14H17F2N3O. The molecule has 2 aromatic rings. The summed E-state index contributed by atoms with van der Waals surface area (Å²) in [6, 6.07) is 6.86. The molecule has 2 N–H and O–H groups in total. The molecule has 1 aromatic carbocycles. The van der Waals surface area contributed by atoms with Gasteiger partial charge in [-0.2, -0.15) is 13.9 Å². The minimum Gasteiger partial charge on any atom is -0.435 e. The highest BCUT2D eigenvalue weighted by molar-refractivity contribution is 5.29. The Labute approximate surface area is 116 Å². The number of hydrogen-bond acceptors (Lipinski definition) is 3. The summed E-state index contributed by atoms with van der Waals surface area (Å²) in [5.41, 5.74) is 2.07. The third-order valence-electron chi connectivity index (χ3n) is 3.12. The van der Waals surface area contributed by atoms with Crippen LogP contribution in [0.2, 0.25) is 0 Å². The third-order valence-corrected chi connectivity index (χ3v) is 3.12. The topological polar surface area (TPSA) is 49.9 Å². The summed E-state index contributed by atoms with van der Waals surface area (Å²) in [6.07, 6.45) is 3.61. The lowest BCUT2D eigenvalue weighted by atomic mass is 10.1. The largest absolute Gasteiger partial charge is 0.435 e. The van der Waals surface area contributed by atoms with Crippen molar-refractivity contribution in [2.45, 2.75) is 32.5 Å². The lowest BCUT2D eigenvalue weighted by Crippen LogP contribution is -2.22. The number of benzene rings is 1. The van der Waals surface area contributed by atoms with E-state index in [0.717, 1.165) is 11.1 Å². The summed E-state index contributed by atoms with van der Waals surface area (Å²) in [7, 11) is 0. The maximum absolute atomic E-state index is 12.1. The van der Waals surface area contributed by atoms with E-state index in [-0.39, 0.29) is 17.8 Å². The molecule has 0 aliphatic rings. The summed E-state index contributed by atoms with van der Waals surface area (Å²) >= 11 is 0. The fourth-order valence-electron chi connectivity index (χ4n) is 2.00. The second-order valence-electron chi connectivity index (χ2n) is 4.59. The van der Waals surface area contributed by atoms with Gasteiger partial charge in [-0.15, -0.1) is 0 Å². The van der Waals surface area contributed by atoms with E-state index in [1.807, 2.05) is 20.0 Å². The fourth-order valence-corrected chi connectivity index (χ4v) is 2.00. The zero-order valence-electron chi connectivity index (χ0n) is 11.3. The Morgan fingerprint density at radius 1 is 1.10 bits per heavy atom. The quantitative estimate of drug-likeness (QED) is 0.853. The van der Waals surface area contributed by atoms with Crippen molar-refractivity contribution in [2.75, 3.05) is 0 Å². The molecule has 108 valence electrons. The number of nitrogens with one attached hydrogen (secondary N) is 2.